The second kappa shape index (κ2) is 6.67. The molecule has 3 rings (SSSR count). The zero-order chi connectivity index (χ0) is 18.0. The molecule has 1 aromatic carbocycles. The molecule has 132 valence electrons. The fraction of sp³-hybridized carbons (Fsp3) is 0.312. The van der Waals surface area contributed by atoms with Crippen LogP contribution in [0.1, 0.15) is 25.1 Å². The summed E-state index contributed by atoms with van der Waals surface area (Å²) in [6.45, 7) is 6.41. The van der Waals surface area contributed by atoms with Gasteiger partial charge in [0.2, 0.25) is 0 Å². The second-order valence-electron chi connectivity index (χ2n) is 5.57. The van der Waals surface area contributed by atoms with Crippen LogP contribution in [-0.4, -0.2) is 33.0 Å². The van der Waals surface area contributed by atoms with Gasteiger partial charge in [0.15, 0.2) is 5.82 Å². The van der Waals surface area contributed by atoms with Gasteiger partial charge in [0.25, 0.3) is 10.0 Å². The van der Waals surface area contributed by atoms with Crippen molar-refractivity contribution in [3.8, 4) is 5.82 Å². The molecule has 2 heterocycles. The van der Waals surface area contributed by atoms with Gasteiger partial charge in [-0.25, -0.2) is 8.42 Å². The van der Waals surface area contributed by atoms with Crippen molar-refractivity contribution < 1.29 is 8.42 Å². The maximum atomic E-state index is 12.8. The minimum atomic E-state index is -3.73. The largest absolute Gasteiger partial charge is 0.274 e. The van der Waals surface area contributed by atoms with Crippen LogP contribution in [0.3, 0.4) is 0 Å². The number of nitrogens with zero attached hydrogens (tertiary/aromatic N) is 5. The van der Waals surface area contributed by atoms with Crippen molar-refractivity contribution in [1.29, 1.82) is 0 Å². The van der Waals surface area contributed by atoms with Crippen molar-refractivity contribution in [2.75, 3.05) is 4.72 Å². The van der Waals surface area contributed by atoms with Crippen LogP contribution in [0.5, 0.6) is 0 Å². The number of aromatic nitrogens is 5. The van der Waals surface area contributed by atoms with Gasteiger partial charge in [0, 0.05) is 6.54 Å². The van der Waals surface area contributed by atoms with Gasteiger partial charge in [0.05, 0.1) is 10.6 Å². The summed E-state index contributed by atoms with van der Waals surface area (Å²) in [5.41, 5.74) is 2.22. The van der Waals surface area contributed by atoms with E-state index in [9.17, 15) is 8.42 Å². The molecular weight excluding hydrogens is 340 g/mol. The lowest BCUT2D eigenvalue weighted by molar-refractivity contribution is 0.601. The van der Waals surface area contributed by atoms with Crippen LogP contribution in [0.25, 0.3) is 5.82 Å². The van der Waals surface area contributed by atoms with Crippen LogP contribution in [-0.2, 0) is 23.0 Å². The Morgan fingerprint density at radius 3 is 2.28 bits per heavy atom. The highest BCUT2D eigenvalue weighted by molar-refractivity contribution is 7.92. The van der Waals surface area contributed by atoms with Crippen molar-refractivity contribution in [2.45, 2.75) is 38.6 Å². The molecule has 0 saturated heterocycles. The Morgan fingerprint density at radius 1 is 1.08 bits per heavy atom. The first kappa shape index (κ1) is 17.2. The normalized spacial score (nSPS) is 11.6. The van der Waals surface area contributed by atoms with E-state index >= 15 is 0 Å². The van der Waals surface area contributed by atoms with Gasteiger partial charge >= 0.3 is 0 Å². The van der Waals surface area contributed by atoms with Crippen LogP contribution in [0.2, 0.25) is 0 Å². The predicted octanol–water partition coefficient (Wildman–Crippen LogP) is 2.16. The average Bonchev–Trinajstić information content (AvgIpc) is 3.24. The molecule has 1 N–H and O–H groups in total. The number of sulfonamides is 1. The third-order valence-corrected chi connectivity index (χ3v) is 5.39. The molecule has 0 amide bonds. The number of nitrogens with one attached hydrogen (secondary N) is 1. The van der Waals surface area contributed by atoms with Crippen LogP contribution in [0.15, 0.2) is 41.8 Å². The summed E-state index contributed by atoms with van der Waals surface area (Å²) in [5.74, 6) is 0.443. The maximum Gasteiger partial charge on any atom is 0.262 e. The molecule has 0 atom stereocenters. The zero-order valence-electron chi connectivity index (χ0n) is 14.3. The summed E-state index contributed by atoms with van der Waals surface area (Å²) in [6.07, 6.45) is 3.82. The first-order valence-corrected chi connectivity index (χ1v) is 9.48. The topological polar surface area (TPSA) is 94.7 Å². The molecule has 0 unspecified atom stereocenters. The number of aryl methyl sites for hydroxylation is 2. The average molecular weight is 360 g/mol. The van der Waals surface area contributed by atoms with E-state index in [0.717, 1.165) is 17.7 Å². The molecule has 0 saturated carbocycles. The Bertz CT molecular complexity index is 959. The van der Waals surface area contributed by atoms with Crippen LogP contribution in [0, 0.1) is 6.92 Å². The smallest absolute Gasteiger partial charge is 0.262 e. The molecule has 2 aromatic heterocycles. The van der Waals surface area contributed by atoms with E-state index < -0.39 is 10.0 Å². The van der Waals surface area contributed by atoms with Crippen molar-refractivity contribution in [1.82, 2.24) is 24.5 Å². The van der Waals surface area contributed by atoms with Crippen molar-refractivity contribution in [2.24, 2.45) is 0 Å². The number of hydrogen-bond donors (Lipinski definition) is 1. The highest BCUT2D eigenvalue weighted by Gasteiger charge is 2.22. The summed E-state index contributed by atoms with van der Waals surface area (Å²) >= 11 is 0. The Balaban J connectivity index is 2.02. The van der Waals surface area contributed by atoms with Crippen LogP contribution in [0.4, 0.5) is 5.69 Å². The molecule has 9 heteroatoms. The van der Waals surface area contributed by atoms with Gasteiger partial charge in [-0.2, -0.15) is 5.10 Å². The number of rotatable bonds is 6. The lowest BCUT2D eigenvalue weighted by Crippen LogP contribution is -2.15. The zero-order valence-corrected chi connectivity index (χ0v) is 15.2. The molecule has 0 radical (unpaired) electrons. The van der Waals surface area contributed by atoms with Gasteiger partial charge in [-0.3, -0.25) is 14.0 Å². The fourth-order valence-corrected chi connectivity index (χ4v) is 3.67. The van der Waals surface area contributed by atoms with E-state index in [4.69, 9.17) is 0 Å². The van der Waals surface area contributed by atoms with E-state index in [1.54, 1.807) is 21.4 Å². The molecule has 0 aliphatic heterocycles. The molecule has 0 bridgehead atoms. The van der Waals surface area contributed by atoms with Gasteiger partial charge in [-0.1, -0.05) is 19.1 Å². The Labute approximate surface area is 146 Å². The van der Waals surface area contributed by atoms with E-state index in [0.29, 0.717) is 18.1 Å². The highest BCUT2D eigenvalue weighted by atomic mass is 32.2. The second-order valence-corrected chi connectivity index (χ2v) is 7.25. The number of hydrogen-bond acceptors (Lipinski definition) is 5. The first-order chi connectivity index (χ1) is 12.0. The van der Waals surface area contributed by atoms with Gasteiger partial charge in [0.1, 0.15) is 18.3 Å². The summed E-state index contributed by atoms with van der Waals surface area (Å²) in [6, 6.07) is 6.85. The van der Waals surface area contributed by atoms with Crippen molar-refractivity contribution in [3.05, 3.63) is 48.2 Å². The molecule has 0 fully saturated rings. The van der Waals surface area contributed by atoms with E-state index in [1.165, 1.54) is 12.7 Å². The lowest BCUT2D eigenvalue weighted by Gasteiger charge is -2.10. The first-order valence-electron chi connectivity index (χ1n) is 8.00. The minimum absolute atomic E-state index is 0.211. The van der Waals surface area contributed by atoms with Gasteiger partial charge in [-0.05, 0) is 38.0 Å². The number of anilines is 1. The van der Waals surface area contributed by atoms with Gasteiger partial charge < -0.3 is 0 Å². The predicted molar refractivity (Wildman–Crippen MR) is 94.2 cm³/mol. The monoisotopic (exact) mass is 360 g/mol. The van der Waals surface area contributed by atoms with E-state index in [-0.39, 0.29) is 4.90 Å². The molecule has 8 nitrogen and oxygen atoms in total. The van der Waals surface area contributed by atoms with E-state index in [2.05, 4.69) is 20.0 Å². The molecule has 3 aromatic rings. The maximum absolute atomic E-state index is 12.8. The molecule has 0 aliphatic rings. The minimum Gasteiger partial charge on any atom is -0.274 e. The third kappa shape index (κ3) is 3.27. The summed E-state index contributed by atoms with van der Waals surface area (Å²) in [7, 11) is -3.73. The fourth-order valence-electron chi connectivity index (χ4n) is 2.55. The Morgan fingerprint density at radius 2 is 1.72 bits per heavy atom. The van der Waals surface area contributed by atoms with Crippen LogP contribution >= 0.6 is 0 Å². The quantitative estimate of drug-likeness (QED) is 0.727. The van der Waals surface area contributed by atoms with E-state index in [1.807, 2.05) is 32.9 Å². The third-order valence-electron chi connectivity index (χ3n) is 4.03. The molecule has 0 aliphatic carbocycles. The molecule has 25 heavy (non-hydrogen) atoms. The van der Waals surface area contributed by atoms with Crippen LogP contribution < -0.4 is 4.72 Å². The van der Waals surface area contributed by atoms with Crippen molar-refractivity contribution >= 4 is 15.7 Å². The Hall–Kier alpha value is -2.68. The number of benzene rings is 1. The molecule has 0 spiro atoms. The SMILES string of the molecule is CCc1ccc(S(=O)(=O)Nc2c(-n3cnnc3)nn(CC)c2C)cc1. The Kier molecular flexibility index (Phi) is 4.58. The van der Waals surface area contributed by atoms with Gasteiger partial charge in [-0.15, -0.1) is 10.2 Å². The standard InChI is InChI=1S/C16H20N6O2S/c1-4-13-6-8-14(9-7-13)25(23,24)20-15-12(3)22(5-2)19-16(15)21-10-17-18-11-21/h6-11,20H,4-5H2,1-3H3. The molecular formula is C16H20N6O2S. The highest BCUT2D eigenvalue weighted by Crippen LogP contribution is 2.26. The summed E-state index contributed by atoms with van der Waals surface area (Å²) in [4.78, 5) is 0.211. The van der Waals surface area contributed by atoms with Crippen molar-refractivity contribution in [3.63, 3.8) is 0 Å². The summed E-state index contributed by atoms with van der Waals surface area (Å²) < 4.78 is 31.5. The summed E-state index contributed by atoms with van der Waals surface area (Å²) in [5, 5.41) is 12.0. The lowest BCUT2D eigenvalue weighted by atomic mass is 10.2.